The van der Waals surface area contributed by atoms with Crippen molar-refractivity contribution in [2.45, 2.75) is 6.04 Å². The van der Waals surface area contributed by atoms with Gasteiger partial charge in [0.25, 0.3) is 0 Å². The minimum absolute atomic E-state index is 0.464. The molecule has 2 aliphatic rings. The van der Waals surface area contributed by atoms with Crippen LogP contribution in [0.2, 0.25) is 5.15 Å². The molecular formula is C13H18ClN3O2. The molecule has 19 heavy (non-hydrogen) atoms. The summed E-state index contributed by atoms with van der Waals surface area (Å²) < 4.78 is 10.6. The van der Waals surface area contributed by atoms with E-state index in [-0.39, 0.29) is 0 Å². The molecule has 1 aromatic rings. The lowest BCUT2D eigenvalue weighted by Gasteiger charge is -2.43. The number of aromatic nitrogens is 1. The van der Waals surface area contributed by atoms with E-state index in [9.17, 15) is 0 Å². The number of halogens is 1. The van der Waals surface area contributed by atoms with E-state index in [1.807, 2.05) is 12.1 Å². The monoisotopic (exact) mass is 283 g/mol. The first-order chi connectivity index (χ1) is 9.28. The van der Waals surface area contributed by atoms with Crippen LogP contribution in [0.1, 0.15) is 0 Å². The molecule has 0 amide bonds. The Morgan fingerprint density at radius 3 is 2.58 bits per heavy atom. The lowest BCUT2D eigenvalue weighted by Crippen LogP contribution is -2.56. The van der Waals surface area contributed by atoms with Crippen molar-refractivity contribution in [3.05, 3.63) is 17.3 Å². The highest BCUT2D eigenvalue weighted by atomic mass is 35.5. The van der Waals surface area contributed by atoms with E-state index in [1.165, 1.54) is 0 Å². The predicted molar refractivity (Wildman–Crippen MR) is 74.2 cm³/mol. The largest absolute Gasteiger partial charge is 0.479 e. The summed E-state index contributed by atoms with van der Waals surface area (Å²) in [5.74, 6) is 0.605. The van der Waals surface area contributed by atoms with Crippen molar-refractivity contribution in [1.29, 1.82) is 0 Å². The Bertz CT molecular complexity index is 446. The van der Waals surface area contributed by atoms with Gasteiger partial charge in [0.2, 0.25) is 5.88 Å². The molecule has 5 nitrogen and oxygen atoms in total. The zero-order chi connectivity index (χ0) is 13.2. The van der Waals surface area contributed by atoms with E-state index >= 15 is 0 Å². The van der Waals surface area contributed by atoms with Gasteiger partial charge in [-0.15, -0.1) is 0 Å². The second kappa shape index (κ2) is 5.53. The van der Waals surface area contributed by atoms with Crippen LogP contribution in [0.4, 0.5) is 5.69 Å². The standard InChI is InChI=1S/C13H18ClN3O2/c1-18-13-11(2-3-12(14)15-13)17-6-4-16(5-7-17)10-8-19-9-10/h2-3,10H,4-9H2,1H3. The fourth-order valence-corrected chi connectivity index (χ4v) is 2.70. The Balaban J connectivity index is 1.67. The Morgan fingerprint density at radius 1 is 1.26 bits per heavy atom. The summed E-state index contributed by atoms with van der Waals surface area (Å²) >= 11 is 5.89. The van der Waals surface area contributed by atoms with Crippen molar-refractivity contribution in [3.63, 3.8) is 0 Å². The summed E-state index contributed by atoms with van der Waals surface area (Å²) in [5.41, 5.74) is 1.02. The van der Waals surface area contributed by atoms with Gasteiger partial charge in [-0.3, -0.25) is 4.90 Å². The average Bonchev–Trinajstić information content (AvgIpc) is 2.38. The Morgan fingerprint density at radius 2 is 2.00 bits per heavy atom. The van der Waals surface area contributed by atoms with E-state index in [2.05, 4.69) is 14.8 Å². The molecule has 3 rings (SSSR count). The van der Waals surface area contributed by atoms with E-state index in [4.69, 9.17) is 21.1 Å². The number of ether oxygens (including phenoxy) is 2. The molecular weight excluding hydrogens is 266 g/mol. The predicted octanol–water partition coefficient (Wildman–Crippen LogP) is 1.26. The molecule has 0 spiro atoms. The van der Waals surface area contributed by atoms with Crippen molar-refractivity contribution >= 4 is 17.3 Å². The van der Waals surface area contributed by atoms with Gasteiger partial charge in [-0.2, -0.15) is 4.98 Å². The zero-order valence-electron chi connectivity index (χ0n) is 11.0. The first-order valence-corrected chi connectivity index (χ1v) is 6.93. The fourth-order valence-electron chi connectivity index (χ4n) is 2.56. The number of hydrogen-bond donors (Lipinski definition) is 0. The summed E-state index contributed by atoms with van der Waals surface area (Å²) in [6.07, 6.45) is 0. The van der Waals surface area contributed by atoms with Gasteiger partial charge in [-0.1, -0.05) is 11.6 Å². The van der Waals surface area contributed by atoms with E-state index < -0.39 is 0 Å². The number of anilines is 1. The third kappa shape index (κ3) is 2.63. The summed E-state index contributed by atoms with van der Waals surface area (Å²) in [4.78, 5) is 9.02. The molecule has 2 saturated heterocycles. The van der Waals surface area contributed by atoms with Crippen molar-refractivity contribution in [2.75, 3.05) is 51.4 Å². The number of pyridine rings is 1. The SMILES string of the molecule is COc1nc(Cl)ccc1N1CCN(C2COC2)CC1. The van der Waals surface area contributed by atoms with Gasteiger partial charge < -0.3 is 14.4 Å². The highest BCUT2D eigenvalue weighted by Gasteiger charge is 2.29. The molecule has 0 unspecified atom stereocenters. The minimum atomic E-state index is 0.464. The Hall–Kier alpha value is -1.04. The van der Waals surface area contributed by atoms with Crippen LogP contribution in [-0.4, -0.2) is 62.4 Å². The van der Waals surface area contributed by atoms with Crippen LogP contribution >= 0.6 is 11.6 Å². The fraction of sp³-hybridized carbons (Fsp3) is 0.615. The molecule has 0 radical (unpaired) electrons. The van der Waals surface area contributed by atoms with Gasteiger partial charge in [0.1, 0.15) is 10.8 Å². The van der Waals surface area contributed by atoms with Crippen LogP contribution in [0.5, 0.6) is 5.88 Å². The Labute approximate surface area is 118 Å². The van der Waals surface area contributed by atoms with Crippen LogP contribution < -0.4 is 9.64 Å². The van der Waals surface area contributed by atoms with Gasteiger partial charge in [0.05, 0.1) is 26.4 Å². The lowest BCUT2D eigenvalue weighted by atomic mass is 10.1. The number of piperazine rings is 1. The smallest absolute Gasteiger partial charge is 0.238 e. The van der Waals surface area contributed by atoms with Gasteiger partial charge in [-0.05, 0) is 12.1 Å². The second-order valence-corrected chi connectivity index (χ2v) is 5.26. The summed E-state index contributed by atoms with van der Waals surface area (Å²) in [6.45, 7) is 5.84. The maximum Gasteiger partial charge on any atom is 0.238 e. The van der Waals surface area contributed by atoms with Crippen LogP contribution in [0.3, 0.4) is 0 Å². The minimum Gasteiger partial charge on any atom is -0.479 e. The quantitative estimate of drug-likeness (QED) is 0.781. The molecule has 0 atom stereocenters. The third-order valence-electron chi connectivity index (χ3n) is 3.79. The number of rotatable bonds is 3. The molecule has 0 aliphatic carbocycles. The molecule has 0 saturated carbocycles. The summed E-state index contributed by atoms with van der Waals surface area (Å²) in [6, 6.07) is 4.41. The first-order valence-electron chi connectivity index (χ1n) is 6.55. The van der Waals surface area contributed by atoms with E-state index in [1.54, 1.807) is 7.11 Å². The highest BCUT2D eigenvalue weighted by molar-refractivity contribution is 6.29. The lowest BCUT2D eigenvalue weighted by molar-refractivity contribution is -0.0660. The zero-order valence-corrected chi connectivity index (χ0v) is 11.8. The number of nitrogens with zero attached hydrogens (tertiary/aromatic N) is 3. The summed E-state index contributed by atoms with van der Waals surface area (Å²) in [7, 11) is 1.63. The van der Waals surface area contributed by atoms with Crippen LogP contribution in [0, 0.1) is 0 Å². The molecule has 104 valence electrons. The van der Waals surface area contributed by atoms with Crippen molar-refractivity contribution in [3.8, 4) is 5.88 Å². The summed E-state index contributed by atoms with van der Waals surface area (Å²) in [5, 5.41) is 0.464. The normalized spacial score (nSPS) is 21.3. The van der Waals surface area contributed by atoms with E-state index in [0.29, 0.717) is 17.1 Å². The van der Waals surface area contributed by atoms with Crippen LogP contribution in [0.25, 0.3) is 0 Å². The highest BCUT2D eigenvalue weighted by Crippen LogP contribution is 2.29. The maximum atomic E-state index is 5.89. The first kappa shape index (κ1) is 13.0. The van der Waals surface area contributed by atoms with Crippen molar-refractivity contribution < 1.29 is 9.47 Å². The van der Waals surface area contributed by atoms with Crippen molar-refractivity contribution in [2.24, 2.45) is 0 Å². The molecule has 0 bridgehead atoms. The van der Waals surface area contributed by atoms with E-state index in [0.717, 1.165) is 45.1 Å². The van der Waals surface area contributed by atoms with Gasteiger partial charge in [0, 0.05) is 26.2 Å². The average molecular weight is 284 g/mol. The maximum absolute atomic E-state index is 5.89. The van der Waals surface area contributed by atoms with Gasteiger partial charge >= 0.3 is 0 Å². The van der Waals surface area contributed by atoms with Crippen LogP contribution in [0.15, 0.2) is 12.1 Å². The molecule has 0 aromatic carbocycles. The molecule has 1 aromatic heterocycles. The van der Waals surface area contributed by atoms with Gasteiger partial charge in [0.15, 0.2) is 0 Å². The molecule has 2 fully saturated rings. The van der Waals surface area contributed by atoms with Gasteiger partial charge in [-0.25, -0.2) is 0 Å². The second-order valence-electron chi connectivity index (χ2n) is 4.88. The number of hydrogen-bond acceptors (Lipinski definition) is 5. The molecule has 2 aliphatic heterocycles. The molecule has 3 heterocycles. The Kier molecular flexibility index (Phi) is 3.77. The molecule has 0 N–H and O–H groups in total. The topological polar surface area (TPSA) is 37.8 Å². The molecule has 6 heteroatoms. The number of methoxy groups -OCH3 is 1. The third-order valence-corrected chi connectivity index (χ3v) is 4.00. The van der Waals surface area contributed by atoms with Crippen LogP contribution in [-0.2, 0) is 4.74 Å². The van der Waals surface area contributed by atoms with Crippen molar-refractivity contribution in [1.82, 2.24) is 9.88 Å².